The van der Waals surface area contributed by atoms with Gasteiger partial charge in [-0.25, -0.2) is 0 Å². The third-order valence-electron chi connectivity index (χ3n) is 3.38. The first-order valence-electron chi connectivity index (χ1n) is 6.86. The average molecular weight is 302 g/mol. The number of aliphatic hydroxyl groups is 1. The number of nitrogens with zero attached hydrogens (tertiary/aromatic N) is 1. The SMILES string of the molecule is COc1ccc(CNC(CO)c2ccccc2)cc1[N+](=O)[O-]. The van der Waals surface area contributed by atoms with Crippen LogP contribution in [-0.4, -0.2) is 23.7 Å². The topological polar surface area (TPSA) is 84.6 Å². The van der Waals surface area contributed by atoms with Crippen LogP contribution in [-0.2, 0) is 6.54 Å². The predicted molar refractivity (Wildman–Crippen MR) is 82.8 cm³/mol. The molecule has 0 amide bonds. The smallest absolute Gasteiger partial charge is 0.311 e. The maximum Gasteiger partial charge on any atom is 0.311 e. The van der Waals surface area contributed by atoms with Crippen LogP contribution in [0.25, 0.3) is 0 Å². The van der Waals surface area contributed by atoms with Crippen LogP contribution in [0.15, 0.2) is 48.5 Å². The quantitative estimate of drug-likeness (QED) is 0.606. The van der Waals surface area contributed by atoms with Crippen LogP contribution in [0.2, 0.25) is 0 Å². The lowest BCUT2D eigenvalue weighted by Crippen LogP contribution is -2.23. The molecule has 0 spiro atoms. The molecule has 2 aromatic rings. The fourth-order valence-corrected chi connectivity index (χ4v) is 2.20. The van der Waals surface area contributed by atoms with Crippen molar-refractivity contribution in [3.8, 4) is 5.75 Å². The van der Waals surface area contributed by atoms with Crippen molar-refractivity contribution in [2.75, 3.05) is 13.7 Å². The number of nitro groups is 1. The largest absolute Gasteiger partial charge is 0.490 e. The molecular weight excluding hydrogens is 284 g/mol. The minimum Gasteiger partial charge on any atom is -0.490 e. The van der Waals surface area contributed by atoms with E-state index in [-0.39, 0.29) is 24.1 Å². The van der Waals surface area contributed by atoms with Gasteiger partial charge < -0.3 is 15.2 Å². The minimum absolute atomic E-state index is 0.0533. The molecule has 0 bridgehead atoms. The van der Waals surface area contributed by atoms with Gasteiger partial charge in [0.25, 0.3) is 0 Å². The molecule has 0 heterocycles. The van der Waals surface area contributed by atoms with Crippen LogP contribution in [0.5, 0.6) is 5.75 Å². The van der Waals surface area contributed by atoms with Gasteiger partial charge in [-0.3, -0.25) is 10.1 Å². The van der Waals surface area contributed by atoms with Gasteiger partial charge in [-0.05, 0) is 17.2 Å². The molecule has 0 aliphatic rings. The number of aliphatic hydroxyl groups excluding tert-OH is 1. The van der Waals surface area contributed by atoms with Crippen molar-refractivity contribution < 1.29 is 14.8 Å². The molecule has 0 saturated heterocycles. The third kappa shape index (κ3) is 3.81. The molecule has 1 atom stereocenters. The summed E-state index contributed by atoms with van der Waals surface area (Å²) in [7, 11) is 1.40. The highest BCUT2D eigenvalue weighted by Gasteiger charge is 2.16. The lowest BCUT2D eigenvalue weighted by Gasteiger charge is -2.16. The average Bonchev–Trinajstić information content (AvgIpc) is 2.56. The molecule has 2 rings (SSSR count). The van der Waals surface area contributed by atoms with Gasteiger partial charge in [0.2, 0.25) is 0 Å². The summed E-state index contributed by atoms with van der Waals surface area (Å²) >= 11 is 0. The van der Waals surface area contributed by atoms with E-state index >= 15 is 0 Å². The van der Waals surface area contributed by atoms with E-state index in [4.69, 9.17) is 4.74 Å². The Bertz CT molecular complexity index is 631. The second kappa shape index (κ2) is 7.53. The Hall–Kier alpha value is -2.44. The van der Waals surface area contributed by atoms with Crippen LogP contribution >= 0.6 is 0 Å². The Morgan fingerprint density at radius 1 is 1.27 bits per heavy atom. The van der Waals surface area contributed by atoms with Crippen molar-refractivity contribution in [2.24, 2.45) is 0 Å². The molecule has 116 valence electrons. The van der Waals surface area contributed by atoms with Crippen molar-refractivity contribution in [2.45, 2.75) is 12.6 Å². The van der Waals surface area contributed by atoms with Crippen molar-refractivity contribution >= 4 is 5.69 Å². The van der Waals surface area contributed by atoms with Crippen molar-refractivity contribution in [1.29, 1.82) is 0 Å². The van der Waals surface area contributed by atoms with E-state index in [1.807, 2.05) is 30.3 Å². The number of rotatable bonds is 7. The normalized spacial score (nSPS) is 11.9. The van der Waals surface area contributed by atoms with E-state index in [0.717, 1.165) is 11.1 Å². The molecule has 0 saturated carbocycles. The number of methoxy groups -OCH3 is 1. The zero-order valence-corrected chi connectivity index (χ0v) is 12.2. The number of benzene rings is 2. The van der Waals surface area contributed by atoms with E-state index in [2.05, 4.69) is 5.32 Å². The van der Waals surface area contributed by atoms with E-state index in [1.165, 1.54) is 13.2 Å². The predicted octanol–water partition coefficient (Wildman–Crippen LogP) is 2.43. The summed E-state index contributed by atoms with van der Waals surface area (Å²) < 4.78 is 4.98. The summed E-state index contributed by atoms with van der Waals surface area (Å²) in [4.78, 5) is 10.5. The Labute approximate surface area is 128 Å². The number of nitrogens with one attached hydrogen (secondary N) is 1. The van der Waals surface area contributed by atoms with Gasteiger partial charge in [-0.15, -0.1) is 0 Å². The van der Waals surface area contributed by atoms with Gasteiger partial charge in [-0.2, -0.15) is 0 Å². The molecule has 2 aromatic carbocycles. The van der Waals surface area contributed by atoms with E-state index in [0.29, 0.717) is 6.54 Å². The fourth-order valence-electron chi connectivity index (χ4n) is 2.20. The summed E-state index contributed by atoms with van der Waals surface area (Å²) in [6, 6.07) is 14.1. The first-order valence-corrected chi connectivity index (χ1v) is 6.86. The number of hydrogen-bond donors (Lipinski definition) is 2. The van der Waals surface area contributed by atoms with Crippen LogP contribution in [0.1, 0.15) is 17.2 Å². The Kier molecular flexibility index (Phi) is 5.46. The molecule has 0 fully saturated rings. The zero-order chi connectivity index (χ0) is 15.9. The highest BCUT2D eigenvalue weighted by atomic mass is 16.6. The van der Waals surface area contributed by atoms with Crippen molar-refractivity contribution in [3.63, 3.8) is 0 Å². The Balaban J connectivity index is 2.10. The maximum atomic E-state index is 11.0. The Morgan fingerprint density at radius 3 is 2.59 bits per heavy atom. The Morgan fingerprint density at radius 2 is 2.00 bits per heavy atom. The fraction of sp³-hybridized carbons (Fsp3) is 0.250. The van der Waals surface area contributed by atoms with E-state index < -0.39 is 4.92 Å². The van der Waals surface area contributed by atoms with E-state index in [9.17, 15) is 15.2 Å². The summed E-state index contributed by atoms with van der Waals surface area (Å²) in [5.74, 6) is 0.232. The monoisotopic (exact) mass is 302 g/mol. The summed E-state index contributed by atoms with van der Waals surface area (Å²) in [5.41, 5.74) is 1.65. The summed E-state index contributed by atoms with van der Waals surface area (Å²) in [5, 5.41) is 23.7. The lowest BCUT2D eigenvalue weighted by molar-refractivity contribution is -0.385. The molecule has 22 heavy (non-hydrogen) atoms. The third-order valence-corrected chi connectivity index (χ3v) is 3.38. The van der Waals surface area contributed by atoms with Gasteiger partial charge >= 0.3 is 5.69 Å². The second-order valence-electron chi connectivity index (χ2n) is 4.79. The number of ether oxygens (including phenoxy) is 1. The molecule has 6 heteroatoms. The van der Waals surface area contributed by atoms with Gasteiger partial charge in [0.1, 0.15) is 0 Å². The summed E-state index contributed by atoms with van der Waals surface area (Å²) in [6.45, 7) is 0.354. The first kappa shape index (κ1) is 15.9. The summed E-state index contributed by atoms with van der Waals surface area (Å²) in [6.07, 6.45) is 0. The number of hydrogen-bond acceptors (Lipinski definition) is 5. The molecule has 6 nitrogen and oxygen atoms in total. The molecule has 0 aliphatic carbocycles. The highest BCUT2D eigenvalue weighted by molar-refractivity contribution is 5.48. The van der Waals surface area contributed by atoms with Crippen molar-refractivity contribution in [3.05, 3.63) is 69.8 Å². The number of nitro benzene ring substituents is 1. The lowest BCUT2D eigenvalue weighted by atomic mass is 10.1. The van der Waals surface area contributed by atoms with Gasteiger partial charge in [-0.1, -0.05) is 36.4 Å². The highest BCUT2D eigenvalue weighted by Crippen LogP contribution is 2.27. The molecule has 1 unspecified atom stereocenters. The van der Waals surface area contributed by atoms with Crippen molar-refractivity contribution in [1.82, 2.24) is 5.32 Å². The van der Waals surface area contributed by atoms with Crippen LogP contribution in [0.4, 0.5) is 5.69 Å². The maximum absolute atomic E-state index is 11.0. The molecular formula is C16H18N2O4. The molecule has 0 radical (unpaired) electrons. The molecule has 0 aromatic heterocycles. The van der Waals surface area contributed by atoms with Gasteiger partial charge in [0.15, 0.2) is 5.75 Å². The first-order chi connectivity index (χ1) is 10.7. The van der Waals surface area contributed by atoms with Crippen LogP contribution in [0.3, 0.4) is 0 Å². The molecule has 2 N–H and O–H groups in total. The van der Waals surface area contributed by atoms with E-state index in [1.54, 1.807) is 12.1 Å². The molecule has 0 aliphatic heterocycles. The van der Waals surface area contributed by atoms with Crippen LogP contribution in [0, 0.1) is 10.1 Å². The standard InChI is InChI=1S/C16H18N2O4/c1-22-16-8-7-12(9-15(16)18(20)21)10-17-14(11-19)13-5-3-2-4-6-13/h2-9,14,17,19H,10-11H2,1H3. The van der Waals surface area contributed by atoms with Gasteiger partial charge in [0.05, 0.1) is 24.7 Å². The van der Waals surface area contributed by atoms with Gasteiger partial charge in [0, 0.05) is 12.6 Å². The zero-order valence-electron chi connectivity index (χ0n) is 12.2. The second-order valence-corrected chi connectivity index (χ2v) is 4.79. The van der Waals surface area contributed by atoms with Crippen LogP contribution < -0.4 is 10.1 Å². The minimum atomic E-state index is -0.469.